The van der Waals surface area contributed by atoms with Crippen molar-refractivity contribution in [2.45, 2.75) is 106 Å². The van der Waals surface area contributed by atoms with E-state index in [1.54, 1.807) is 0 Å². The Labute approximate surface area is 251 Å². The van der Waals surface area contributed by atoms with E-state index in [0.717, 1.165) is 47.1 Å². The maximum Gasteiger partial charge on any atom is 0.190 e. The first-order valence-electron chi connectivity index (χ1n) is 16.1. The number of hydrogen-bond acceptors (Lipinski definition) is 3. The summed E-state index contributed by atoms with van der Waals surface area (Å²) in [7, 11) is 0. The van der Waals surface area contributed by atoms with Gasteiger partial charge in [0.25, 0.3) is 0 Å². The molecule has 3 heteroatoms. The van der Waals surface area contributed by atoms with Crippen LogP contribution in [0.15, 0.2) is 58.7 Å². The van der Waals surface area contributed by atoms with Gasteiger partial charge < -0.3 is 0 Å². The van der Waals surface area contributed by atoms with E-state index >= 15 is 0 Å². The summed E-state index contributed by atoms with van der Waals surface area (Å²) in [5.74, 6) is 0.504. The molecule has 2 aromatic rings. The molecule has 3 nitrogen and oxygen atoms in total. The fourth-order valence-electron chi connectivity index (χ4n) is 9.83. The molecular formula is C39H46O3. The lowest BCUT2D eigenvalue weighted by Crippen LogP contribution is -2.57. The van der Waals surface area contributed by atoms with Crippen LogP contribution in [0.3, 0.4) is 0 Å². The van der Waals surface area contributed by atoms with Crippen LogP contribution in [-0.4, -0.2) is 17.3 Å². The Hall–Kier alpha value is -3.07. The Balaban J connectivity index is 1.57. The molecule has 0 radical (unpaired) electrons. The molecule has 4 aliphatic carbocycles. The summed E-state index contributed by atoms with van der Waals surface area (Å²) in [4.78, 5) is 41.9. The molecule has 0 saturated heterocycles. The van der Waals surface area contributed by atoms with Crippen LogP contribution < -0.4 is 0 Å². The third kappa shape index (κ3) is 4.09. The molecule has 42 heavy (non-hydrogen) atoms. The monoisotopic (exact) mass is 562 g/mol. The Morgan fingerprint density at radius 2 is 1.60 bits per heavy atom. The van der Waals surface area contributed by atoms with Crippen molar-refractivity contribution >= 4 is 17.3 Å². The molecule has 220 valence electrons. The van der Waals surface area contributed by atoms with E-state index < -0.39 is 10.8 Å². The molecule has 0 spiro atoms. The van der Waals surface area contributed by atoms with E-state index in [4.69, 9.17) is 0 Å². The lowest BCUT2D eigenvalue weighted by atomic mass is 9.42. The van der Waals surface area contributed by atoms with Crippen LogP contribution in [0.5, 0.6) is 0 Å². The van der Waals surface area contributed by atoms with Crippen LogP contribution in [-0.2, 0) is 22.4 Å². The minimum absolute atomic E-state index is 0.0976. The standard InChI is InChI=1S/C39H46O3/c1-23-20-38(6)22-37(5)21-31-30(28-16-12-9-13-17-28)19-29(18-27-14-10-8-11-15-27)24(2)33(31)35(41)34(37)25(3)39(38,7)36(42)32(23)26(4)40/h9,12-13,16-17,19,27H,8,10-11,14-15,18,20-22H2,1-7H3. The molecule has 6 rings (SSSR count). The van der Waals surface area contributed by atoms with Gasteiger partial charge in [-0.2, -0.15) is 0 Å². The zero-order chi connectivity index (χ0) is 30.2. The summed E-state index contributed by atoms with van der Waals surface area (Å²) >= 11 is 0. The molecule has 0 bridgehead atoms. The number of allylic oxidation sites excluding steroid dienone is 4. The van der Waals surface area contributed by atoms with Crippen molar-refractivity contribution in [1.29, 1.82) is 0 Å². The number of rotatable bonds is 4. The highest BCUT2D eigenvalue weighted by atomic mass is 16.2. The Morgan fingerprint density at radius 3 is 2.24 bits per heavy atom. The number of benzene rings is 2. The van der Waals surface area contributed by atoms with Crippen LogP contribution in [0.1, 0.15) is 114 Å². The van der Waals surface area contributed by atoms with Crippen molar-refractivity contribution in [3.63, 3.8) is 0 Å². The normalized spacial score (nSPS) is 29.8. The van der Waals surface area contributed by atoms with Gasteiger partial charge in [0.1, 0.15) is 0 Å². The van der Waals surface area contributed by atoms with Crippen molar-refractivity contribution < 1.29 is 14.4 Å². The maximum atomic E-state index is 15.0. The van der Waals surface area contributed by atoms with Gasteiger partial charge in [-0.25, -0.2) is 0 Å². The average molecular weight is 563 g/mol. The molecule has 1 saturated carbocycles. The minimum atomic E-state index is -0.884. The molecule has 0 aromatic heterocycles. The summed E-state index contributed by atoms with van der Waals surface area (Å²) < 4.78 is 0. The predicted molar refractivity (Wildman–Crippen MR) is 170 cm³/mol. The molecule has 0 aliphatic heterocycles. The molecule has 3 atom stereocenters. The lowest BCUT2D eigenvalue weighted by molar-refractivity contribution is -0.134. The van der Waals surface area contributed by atoms with Crippen LogP contribution in [0, 0.1) is 29.1 Å². The zero-order valence-electron chi connectivity index (χ0n) is 26.6. The highest BCUT2D eigenvalue weighted by molar-refractivity contribution is 6.24. The summed E-state index contributed by atoms with van der Waals surface area (Å²) in [6, 6.07) is 13.0. The molecule has 0 N–H and O–H groups in total. The van der Waals surface area contributed by atoms with Gasteiger partial charge >= 0.3 is 0 Å². The number of fused-ring (bicyclic) bond motifs is 3. The largest absolute Gasteiger partial charge is 0.294 e. The van der Waals surface area contributed by atoms with Crippen molar-refractivity contribution in [2.24, 2.45) is 22.2 Å². The third-order valence-electron chi connectivity index (χ3n) is 12.0. The highest BCUT2D eigenvalue weighted by Crippen LogP contribution is 2.66. The Kier molecular flexibility index (Phi) is 6.91. The van der Waals surface area contributed by atoms with E-state index in [1.165, 1.54) is 61.3 Å². The molecule has 1 fully saturated rings. The van der Waals surface area contributed by atoms with Crippen LogP contribution in [0.4, 0.5) is 0 Å². The van der Waals surface area contributed by atoms with Crippen molar-refractivity contribution in [3.8, 4) is 11.1 Å². The summed E-state index contributed by atoms with van der Waals surface area (Å²) in [5, 5.41) is 0. The lowest BCUT2D eigenvalue weighted by Gasteiger charge is -2.59. The number of carbonyl (C=O) groups excluding carboxylic acids is 3. The predicted octanol–water partition coefficient (Wildman–Crippen LogP) is 9.14. The summed E-state index contributed by atoms with van der Waals surface area (Å²) in [6.45, 7) is 14.1. The Bertz CT molecular complexity index is 1580. The quantitative estimate of drug-likeness (QED) is 0.349. The van der Waals surface area contributed by atoms with Crippen molar-refractivity contribution in [3.05, 3.63) is 80.9 Å². The van der Waals surface area contributed by atoms with Gasteiger partial charge in [0.2, 0.25) is 0 Å². The molecule has 4 aliphatic rings. The fourth-order valence-corrected chi connectivity index (χ4v) is 9.83. The van der Waals surface area contributed by atoms with Gasteiger partial charge in [0.05, 0.1) is 11.0 Å². The first-order valence-corrected chi connectivity index (χ1v) is 16.1. The van der Waals surface area contributed by atoms with Gasteiger partial charge in [-0.1, -0.05) is 93.5 Å². The number of carbonyl (C=O) groups is 3. The molecule has 2 aromatic carbocycles. The highest BCUT2D eigenvalue weighted by Gasteiger charge is 2.63. The second-order valence-corrected chi connectivity index (χ2v) is 14.8. The van der Waals surface area contributed by atoms with E-state index in [-0.39, 0.29) is 22.8 Å². The SMILES string of the molecule is CC(=O)C1=C(C)CC2(C)CC3(C)Cc4c(-c5ccccc5)cc(CC5CCCCC5)c(C)c4C(=O)C3=C(C)C2(C)C1=O. The fraction of sp³-hybridized carbons (Fsp3) is 0.513. The van der Waals surface area contributed by atoms with E-state index in [9.17, 15) is 14.4 Å². The molecular weight excluding hydrogens is 516 g/mol. The molecule has 0 amide bonds. The first kappa shape index (κ1) is 29.0. The van der Waals surface area contributed by atoms with Crippen LogP contribution in [0.2, 0.25) is 0 Å². The molecule has 3 unspecified atom stereocenters. The average Bonchev–Trinajstić information content (AvgIpc) is 2.93. The second-order valence-electron chi connectivity index (χ2n) is 14.8. The number of Topliss-reactive ketones (excluding diaryl/α,β-unsaturated/α-hetero) is 3. The van der Waals surface area contributed by atoms with E-state index in [1.807, 2.05) is 20.8 Å². The number of ketones is 3. The van der Waals surface area contributed by atoms with Gasteiger partial charge in [0.15, 0.2) is 17.3 Å². The summed E-state index contributed by atoms with van der Waals surface area (Å²) in [5.41, 5.74) is 8.10. The van der Waals surface area contributed by atoms with E-state index in [2.05, 4.69) is 57.2 Å². The zero-order valence-corrected chi connectivity index (χ0v) is 26.6. The van der Waals surface area contributed by atoms with Gasteiger partial charge in [0, 0.05) is 16.6 Å². The Morgan fingerprint density at radius 1 is 0.929 bits per heavy atom. The smallest absolute Gasteiger partial charge is 0.190 e. The van der Waals surface area contributed by atoms with Crippen LogP contribution >= 0.6 is 0 Å². The van der Waals surface area contributed by atoms with Gasteiger partial charge in [-0.05, 0) is 99.5 Å². The van der Waals surface area contributed by atoms with Gasteiger partial charge in [-0.3, -0.25) is 14.4 Å². The summed E-state index contributed by atoms with van der Waals surface area (Å²) in [6.07, 6.45) is 9.66. The van der Waals surface area contributed by atoms with Crippen LogP contribution in [0.25, 0.3) is 11.1 Å². The minimum Gasteiger partial charge on any atom is -0.294 e. The second kappa shape index (κ2) is 10.00. The third-order valence-corrected chi connectivity index (χ3v) is 12.0. The topological polar surface area (TPSA) is 51.2 Å². The van der Waals surface area contributed by atoms with E-state index in [0.29, 0.717) is 17.9 Å². The van der Waals surface area contributed by atoms with Crippen molar-refractivity contribution in [2.75, 3.05) is 0 Å². The first-order chi connectivity index (χ1) is 19.8. The maximum absolute atomic E-state index is 15.0. The van der Waals surface area contributed by atoms with Gasteiger partial charge in [-0.15, -0.1) is 0 Å². The van der Waals surface area contributed by atoms with Crippen molar-refractivity contribution in [1.82, 2.24) is 0 Å². The number of hydrogen-bond donors (Lipinski definition) is 0. The molecule has 0 heterocycles.